The zero-order valence-corrected chi connectivity index (χ0v) is 26.2. The van der Waals surface area contributed by atoms with Gasteiger partial charge in [0, 0.05) is 20.2 Å². The van der Waals surface area contributed by atoms with Gasteiger partial charge in [0.15, 0.2) is 0 Å². The normalized spacial score (nSPS) is 12.3. The molecule has 0 fully saturated rings. The molecule has 0 spiro atoms. The number of fused-ring (bicyclic) bond motifs is 12. The molecule has 47 heavy (non-hydrogen) atoms. The molecule has 0 nitrogen and oxygen atoms in total. The van der Waals surface area contributed by atoms with Crippen LogP contribution in [0.15, 0.2) is 158 Å². The first kappa shape index (κ1) is 25.4. The highest BCUT2D eigenvalue weighted by molar-refractivity contribution is 7.26. The summed E-state index contributed by atoms with van der Waals surface area (Å²) in [6.45, 7) is 0. The second-order valence-corrected chi connectivity index (χ2v) is 13.9. The lowest BCUT2D eigenvalue weighted by Gasteiger charge is -2.13. The van der Waals surface area contributed by atoms with E-state index >= 15 is 0 Å². The van der Waals surface area contributed by atoms with E-state index in [0.29, 0.717) is 0 Å². The molecule has 1 aliphatic carbocycles. The van der Waals surface area contributed by atoms with Crippen molar-refractivity contribution in [1.82, 2.24) is 0 Å². The largest absolute Gasteiger partial charge is 0.135 e. The van der Waals surface area contributed by atoms with Crippen LogP contribution in [0.2, 0.25) is 0 Å². The third-order valence-corrected chi connectivity index (χ3v) is 11.5. The maximum atomic E-state index is 2.43. The molecule has 1 heteroatoms. The van der Waals surface area contributed by atoms with Gasteiger partial charge in [-0.3, -0.25) is 0 Å². The van der Waals surface area contributed by atoms with Crippen molar-refractivity contribution in [2.24, 2.45) is 0 Å². The molecule has 0 radical (unpaired) electrons. The zero-order chi connectivity index (χ0) is 30.6. The lowest BCUT2D eigenvalue weighted by molar-refractivity contribution is 1.69. The third kappa shape index (κ3) is 3.47. The zero-order valence-electron chi connectivity index (χ0n) is 25.4. The Kier molecular flexibility index (Phi) is 5.08. The number of thiophene rings is 1. The molecule has 0 saturated carbocycles. The number of rotatable bonds is 2. The predicted octanol–water partition coefficient (Wildman–Crippen LogP) is 13.6. The van der Waals surface area contributed by atoms with E-state index in [1.54, 1.807) is 0 Å². The maximum Gasteiger partial charge on any atom is 0.0361 e. The summed E-state index contributed by atoms with van der Waals surface area (Å²) in [6.07, 6.45) is 0. The predicted molar refractivity (Wildman–Crippen MR) is 205 cm³/mol. The van der Waals surface area contributed by atoms with Gasteiger partial charge < -0.3 is 0 Å². The summed E-state index contributed by atoms with van der Waals surface area (Å²) in [7, 11) is 0. The van der Waals surface area contributed by atoms with Crippen LogP contribution in [0.3, 0.4) is 0 Å². The van der Waals surface area contributed by atoms with Gasteiger partial charge in [-0.2, -0.15) is 0 Å². The van der Waals surface area contributed by atoms with Crippen molar-refractivity contribution >= 4 is 74.6 Å². The first-order valence-electron chi connectivity index (χ1n) is 16.3. The van der Waals surface area contributed by atoms with Gasteiger partial charge >= 0.3 is 0 Å². The van der Waals surface area contributed by atoms with E-state index in [2.05, 4.69) is 158 Å². The van der Waals surface area contributed by atoms with Crippen LogP contribution in [0.1, 0.15) is 0 Å². The summed E-state index contributed by atoms with van der Waals surface area (Å²) in [5.74, 6) is 0. The minimum absolute atomic E-state index is 1.25. The van der Waals surface area contributed by atoms with Crippen molar-refractivity contribution in [3.8, 4) is 44.5 Å². The SMILES string of the molecule is c1ccc2c(c1)-c1cccc3c(-c4cccc5sc6ccc(-c7ccc8c9ccccc9c9ccccc9c8c7)cc6c45)ccc-2c13. The second kappa shape index (κ2) is 9.39. The fourth-order valence-electron chi connectivity index (χ4n) is 8.36. The third-order valence-electron chi connectivity index (χ3n) is 10.4. The Labute approximate surface area is 275 Å². The van der Waals surface area contributed by atoms with E-state index in [9.17, 15) is 0 Å². The van der Waals surface area contributed by atoms with Crippen LogP contribution in [0.4, 0.5) is 0 Å². The Bertz CT molecular complexity index is 2890. The molecule has 9 aromatic carbocycles. The van der Waals surface area contributed by atoms with Gasteiger partial charge in [0.1, 0.15) is 0 Å². The van der Waals surface area contributed by atoms with Gasteiger partial charge in [-0.25, -0.2) is 0 Å². The van der Waals surface area contributed by atoms with Crippen molar-refractivity contribution in [3.05, 3.63) is 158 Å². The van der Waals surface area contributed by atoms with Gasteiger partial charge in [0.2, 0.25) is 0 Å². The van der Waals surface area contributed by atoms with Crippen LogP contribution in [-0.2, 0) is 0 Å². The summed E-state index contributed by atoms with van der Waals surface area (Å²) in [6, 6.07) is 58.9. The van der Waals surface area contributed by atoms with Crippen LogP contribution >= 0.6 is 11.3 Å². The summed E-state index contributed by atoms with van der Waals surface area (Å²) >= 11 is 1.89. The van der Waals surface area contributed by atoms with Crippen molar-refractivity contribution in [2.75, 3.05) is 0 Å². The first-order chi connectivity index (χ1) is 23.3. The van der Waals surface area contributed by atoms with Crippen molar-refractivity contribution < 1.29 is 0 Å². The second-order valence-electron chi connectivity index (χ2n) is 12.8. The van der Waals surface area contributed by atoms with Crippen molar-refractivity contribution in [3.63, 3.8) is 0 Å². The average molecular weight is 611 g/mol. The molecular formula is C46H26S. The first-order valence-corrected chi connectivity index (χ1v) is 17.1. The molecule has 1 aliphatic rings. The molecule has 1 heterocycles. The van der Waals surface area contributed by atoms with Gasteiger partial charge in [-0.15, -0.1) is 11.3 Å². The van der Waals surface area contributed by atoms with E-state index in [1.807, 2.05) is 11.3 Å². The van der Waals surface area contributed by atoms with Crippen LogP contribution in [0.5, 0.6) is 0 Å². The Balaban J connectivity index is 1.14. The molecule has 0 atom stereocenters. The number of hydrogen-bond acceptors (Lipinski definition) is 1. The molecule has 10 aromatic rings. The number of hydrogen-bond donors (Lipinski definition) is 0. The molecule has 0 amide bonds. The summed E-state index contributed by atoms with van der Waals surface area (Å²) in [4.78, 5) is 0. The van der Waals surface area contributed by atoms with Gasteiger partial charge in [0.25, 0.3) is 0 Å². The summed E-state index contributed by atoms with van der Waals surface area (Å²) < 4.78 is 2.66. The van der Waals surface area contributed by atoms with Crippen LogP contribution < -0.4 is 0 Å². The summed E-state index contributed by atoms with van der Waals surface area (Å²) in [5.41, 5.74) is 10.5. The molecule has 11 rings (SSSR count). The standard InChI is InChI=1S/C46H26S/c1-2-11-31-29(9-1)30-10-3-6-14-34(30)41-25-27(19-21-35(31)41)28-20-24-43-42(26-28)46-39(17-8-18-44(46)47-43)36-22-23-40-33-13-5-4-12-32(33)37-15-7-16-38(36)45(37)40/h1-26H. The highest BCUT2D eigenvalue weighted by atomic mass is 32.1. The van der Waals surface area contributed by atoms with E-state index in [-0.39, 0.29) is 0 Å². The molecule has 1 aromatic heterocycles. The van der Waals surface area contributed by atoms with Crippen LogP contribution in [-0.4, -0.2) is 0 Å². The molecule has 0 bridgehead atoms. The molecule has 0 unspecified atom stereocenters. The monoisotopic (exact) mass is 610 g/mol. The topological polar surface area (TPSA) is 0 Å². The highest BCUT2D eigenvalue weighted by Crippen LogP contribution is 2.51. The molecular weight excluding hydrogens is 585 g/mol. The van der Waals surface area contributed by atoms with Crippen LogP contribution in [0.25, 0.3) is 108 Å². The van der Waals surface area contributed by atoms with E-state index in [4.69, 9.17) is 0 Å². The van der Waals surface area contributed by atoms with E-state index in [0.717, 1.165) is 0 Å². The smallest absolute Gasteiger partial charge is 0.0361 e. The van der Waals surface area contributed by atoms with E-state index < -0.39 is 0 Å². The molecule has 0 aliphatic heterocycles. The fraction of sp³-hybridized carbons (Fsp3) is 0. The number of benzene rings is 9. The van der Waals surface area contributed by atoms with Crippen molar-refractivity contribution in [2.45, 2.75) is 0 Å². The Morgan fingerprint density at radius 2 is 0.745 bits per heavy atom. The lowest BCUT2D eigenvalue weighted by atomic mass is 9.91. The minimum atomic E-state index is 1.25. The average Bonchev–Trinajstić information content (AvgIpc) is 3.68. The summed E-state index contributed by atoms with van der Waals surface area (Å²) in [5, 5.41) is 13.2. The maximum absolute atomic E-state index is 2.43. The Morgan fingerprint density at radius 3 is 1.47 bits per heavy atom. The minimum Gasteiger partial charge on any atom is -0.135 e. The van der Waals surface area contributed by atoms with Crippen molar-refractivity contribution in [1.29, 1.82) is 0 Å². The van der Waals surface area contributed by atoms with Gasteiger partial charge in [0.05, 0.1) is 0 Å². The molecule has 0 saturated heterocycles. The van der Waals surface area contributed by atoms with Crippen LogP contribution in [0, 0.1) is 0 Å². The van der Waals surface area contributed by atoms with Gasteiger partial charge in [-0.1, -0.05) is 133 Å². The lowest BCUT2D eigenvalue weighted by Crippen LogP contribution is -1.86. The Morgan fingerprint density at radius 1 is 0.255 bits per heavy atom. The fourth-order valence-corrected chi connectivity index (χ4v) is 9.47. The molecule has 0 N–H and O–H groups in total. The molecule has 216 valence electrons. The quantitative estimate of drug-likeness (QED) is 0.171. The Hall–Kier alpha value is -5.76. The highest BCUT2D eigenvalue weighted by Gasteiger charge is 2.23. The van der Waals surface area contributed by atoms with Gasteiger partial charge in [-0.05, 0) is 112 Å². The van der Waals surface area contributed by atoms with E-state index in [1.165, 1.54) is 108 Å².